The monoisotopic (exact) mass is 294 g/mol. The summed E-state index contributed by atoms with van der Waals surface area (Å²) in [6.07, 6.45) is -8.34. The first-order valence-corrected chi connectivity index (χ1v) is 6.79. The van der Waals surface area contributed by atoms with Gasteiger partial charge in [-0.1, -0.05) is 42.1 Å². The summed E-state index contributed by atoms with van der Waals surface area (Å²) >= 11 is 0.976. The number of carbonyl (C=O) groups excluding carboxylic acids is 1. The molecule has 1 aromatic carbocycles. The number of thioether (sulfide) groups is 1. The zero-order valence-electron chi connectivity index (χ0n) is 10.1. The van der Waals surface area contributed by atoms with Gasteiger partial charge in [-0.25, -0.2) is 17.6 Å². The van der Waals surface area contributed by atoms with Gasteiger partial charge in [-0.3, -0.25) is 4.79 Å². The van der Waals surface area contributed by atoms with Crippen LogP contribution in [0.1, 0.15) is 23.2 Å². The van der Waals surface area contributed by atoms with E-state index in [2.05, 4.69) is 0 Å². The number of carbonyl (C=O) groups is 1. The minimum absolute atomic E-state index is 0.165. The molecule has 0 amide bonds. The van der Waals surface area contributed by atoms with Gasteiger partial charge in [0.15, 0.2) is 6.17 Å². The van der Waals surface area contributed by atoms with Crippen LogP contribution in [0.5, 0.6) is 0 Å². The molecule has 0 aliphatic rings. The van der Waals surface area contributed by atoms with E-state index in [0.29, 0.717) is 5.56 Å². The molecule has 0 fully saturated rings. The van der Waals surface area contributed by atoms with Crippen molar-refractivity contribution in [3.63, 3.8) is 0 Å². The second-order valence-corrected chi connectivity index (χ2v) is 5.01. The lowest BCUT2D eigenvalue weighted by molar-refractivity contribution is 0.00110. The Labute approximate surface area is 113 Å². The Kier molecular flexibility index (Phi) is 6.91. The molecule has 0 aliphatic carbocycles. The summed E-state index contributed by atoms with van der Waals surface area (Å²) in [5.41, 5.74) is 0.528. The van der Waals surface area contributed by atoms with E-state index >= 15 is 0 Å². The van der Waals surface area contributed by atoms with Crippen LogP contribution in [0.4, 0.5) is 17.6 Å². The molecule has 0 saturated heterocycles. The molecule has 0 N–H and O–H groups in total. The van der Waals surface area contributed by atoms with Crippen LogP contribution in [0.25, 0.3) is 0 Å². The zero-order valence-corrected chi connectivity index (χ0v) is 10.9. The van der Waals surface area contributed by atoms with Crippen LogP contribution in [0, 0.1) is 0 Å². The molecule has 0 bridgehead atoms. The third kappa shape index (κ3) is 5.63. The SMILES string of the molecule is O=C(SCCCC(F)C(F)C(F)F)c1ccccc1. The molecule has 0 radical (unpaired) electrons. The van der Waals surface area contributed by atoms with Crippen molar-refractivity contribution in [1.82, 2.24) is 0 Å². The van der Waals surface area contributed by atoms with Crippen LogP contribution < -0.4 is 0 Å². The first-order valence-electron chi connectivity index (χ1n) is 5.81. The van der Waals surface area contributed by atoms with E-state index in [9.17, 15) is 22.4 Å². The fraction of sp³-hybridized carbons (Fsp3) is 0.462. The highest BCUT2D eigenvalue weighted by molar-refractivity contribution is 8.14. The lowest BCUT2D eigenvalue weighted by Crippen LogP contribution is -2.25. The van der Waals surface area contributed by atoms with Gasteiger partial charge in [0.05, 0.1) is 0 Å². The largest absolute Gasteiger partial charge is 0.282 e. The second kappa shape index (κ2) is 8.19. The first kappa shape index (κ1) is 16.0. The molecule has 1 aromatic rings. The Morgan fingerprint density at radius 3 is 2.32 bits per heavy atom. The van der Waals surface area contributed by atoms with Gasteiger partial charge in [0.25, 0.3) is 6.43 Å². The van der Waals surface area contributed by atoms with Gasteiger partial charge >= 0.3 is 0 Å². The number of alkyl halides is 4. The summed E-state index contributed by atoms with van der Waals surface area (Å²) in [5.74, 6) is 0.282. The molecular weight excluding hydrogens is 280 g/mol. The van der Waals surface area contributed by atoms with Crippen molar-refractivity contribution >= 4 is 16.9 Å². The molecule has 1 rings (SSSR count). The van der Waals surface area contributed by atoms with Gasteiger partial charge in [0.2, 0.25) is 5.12 Å². The zero-order chi connectivity index (χ0) is 14.3. The summed E-state index contributed by atoms with van der Waals surface area (Å²) in [6, 6.07) is 8.54. The van der Waals surface area contributed by atoms with Gasteiger partial charge < -0.3 is 0 Å². The summed E-state index contributed by atoms with van der Waals surface area (Å²) in [4.78, 5) is 11.6. The Balaban J connectivity index is 2.23. The van der Waals surface area contributed by atoms with E-state index in [1.807, 2.05) is 0 Å². The van der Waals surface area contributed by atoms with Crippen molar-refractivity contribution in [3.05, 3.63) is 35.9 Å². The normalized spacial score (nSPS) is 14.4. The molecule has 0 heterocycles. The lowest BCUT2D eigenvalue weighted by atomic mass is 10.1. The van der Waals surface area contributed by atoms with Crippen LogP contribution in [0.2, 0.25) is 0 Å². The quantitative estimate of drug-likeness (QED) is 0.551. The van der Waals surface area contributed by atoms with Crippen LogP contribution in [0.15, 0.2) is 30.3 Å². The third-order valence-corrected chi connectivity index (χ3v) is 3.44. The molecule has 0 saturated carbocycles. The summed E-state index contributed by atoms with van der Waals surface area (Å²) < 4.78 is 49.2. The highest BCUT2D eigenvalue weighted by Gasteiger charge is 2.29. The molecule has 6 heteroatoms. The van der Waals surface area contributed by atoms with Crippen molar-refractivity contribution in [2.75, 3.05) is 5.75 Å². The molecule has 1 nitrogen and oxygen atoms in total. The average Bonchev–Trinajstić information content (AvgIpc) is 2.43. The second-order valence-electron chi connectivity index (χ2n) is 3.94. The predicted octanol–water partition coefficient (Wildman–Crippen LogP) is 4.28. The van der Waals surface area contributed by atoms with Crippen LogP contribution in [-0.2, 0) is 0 Å². The number of rotatable bonds is 7. The van der Waals surface area contributed by atoms with Crippen LogP contribution >= 0.6 is 11.8 Å². The summed E-state index contributed by atoms with van der Waals surface area (Å²) in [5, 5.41) is -0.165. The molecule has 0 spiro atoms. The first-order chi connectivity index (χ1) is 9.02. The van der Waals surface area contributed by atoms with Crippen molar-refractivity contribution in [3.8, 4) is 0 Å². The van der Waals surface area contributed by atoms with Gasteiger partial charge in [-0.15, -0.1) is 0 Å². The van der Waals surface area contributed by atoms with E-state index in [1.54, 1.807) is 30.3 Å². The third-order valence-electron chi connectivity index (χ3n) is 2.45. The Bertz CT molecular complexity index is 385. The van der Waals surface area contributed by atoms with E-state index in [0.717, 1.165) is 11.8 Å². The number of hydrogen-bond acceptors (Lipinski definition) is 2. The van der Waals surface area contributed by atoms with E-state index in [4.69, 9.17) is 0 Å². The Morgan fingerprint density at radius 2 is 1.74 bits per heavy atom. The molecular formula is C13H14F4OS. The highest BCUT2D eigenvalue weighted by atomic mass is 32.2. The van der Waals surface area contributed by atoms with Crippen molar-refractivity contribution in [1.29, 1.82) is 0 Å². The number of benzene rings is 1. The lowest BCUT2D eigenvalue weighted by Gasteiger charge is -2.11. The van der Waals surface area contributed by atoms with Crippen LogP contribution in [0.3, 0.4) is 0 Å². The topological polar surface area (TPSA) is 17.1 Å². The van der Waals surface area contributed by atoms with E-state index in [-0.39, 0.29) is 23.7 Å². The molecule has 19 heavy (non-hydrogen) atoms. The van der Waals surface area contributed by atoms with Crippen LogP contribution in [-0.4, -0.2) is 29.6 Å². The number of hydrogen-bond donors (Lipinski definition) is 0. The van der Waals surface area contributed by atoms with Gasteiger partial charge in [-0.05, 0) is 12.8 Å². The fourth-order valence-corrected chi connectivity index (χ4v) is 2.22. The summed E-state index contributed by atoms with van der Waals surface area (Å²) in [7, 11) is 0. The van der Waals surface area contributed by atoms with Gasteiger partial charge in [0.1, 0.15) is 6.17 Å². The minimum Gasteiger partial charge on any atom is -0.282 e. The Morgan fingerprint density at radius 1 is 1.11 bits per heavy atom. The van der Waals surface area contributed by atoms with Crippen molar-refractivity contribution in [2.45, 2.75) is 31.6 Å². The fourth-order valence-electron chi connectivity index (χ4n) is 1.42. The highest BCUT2D eigenvalue weighted by Crippen LogP contribution is 2.20. The van der Waals surface area contributed by atoms with Gasteiger partial charge in [0, 0.05) is 11.3 Å². The maximum Gasteiger partial charge on any atom is 0.272 e. The maximum absolute atomic E-state index is 12.9. The molecule has 2 atom stereocenters. The average molecular weight is 294 g/mol. The molecule has 106 valence electrons. The molecule has 2 unspecified atom stereocenters. The standard InChI is InChI=1S/C13H14F4OS/c14-10(11(15)12(16)17)7-4-8-19-13(18)9-5-2-1-3-6-9/h1-3,5-6,10-12H,4,7-8H2. The van der Waals surface area contributed by atoms with E-state index < -0.39 is 18.8 Å². The minimum atomic E-state index is -3.30. The smallest absolute Gasteiger partial charge is 0.272 e. The Hall–Kier alpha value is -1.04. The molecule has 0 aliphatic heterocycles. The summed E-state index contributed by atoms with van der Waals surface area (Å²) in [6.45, 7) is 0. The number of halogens is 4. The van der Waals surface area contributed by atoms with E-state index in [1.165, 1.54) is 0 Å². The van der Waals surface area contributed by atoms with Gasteiger partial charge in [-0.2, -0.15) is 0 Å². The van der Waals surface area contributed by atoms with Crippen molar-refractivity contribution in [2.24, 2.45) is 0 Å². The predicted molar refractivity (Wildman–Crippen MR) is 68.3 cm³/mol. The van der Waals surface area contributed by atoms with Crippen molar-refractivity contribution < 1.29 is 22.4 Å². The maximum atomic E-state index is 12.9. The molecule has 0 aromatic heterocycles.